The Balaban J connectivity index is 1.88. The number of hydrogen-bond donors (Lipinski definition) is 2. The maximum absolute atomic E-state index is 12.0. The lowest BCUT2D eigenvalue weighted by Gasteiger charge is -2.14. The molecule has 1 aromatic carbocycles. The van der Waals surface area contributed by atoms with Crippen molar-refractivity contribution in [2.45, 2.75) is 18.9 Å². The Morgan fingerprint density at radius 3 is 2.79 bits per heavy atom. The number of thiazole rings is 1. The maximum atomic E-state index is 12.0. The Morgan fingerprint density at radius 2 is 2.16 bits per heavy atom. The van der Waals surface area contributed by atoms with Crippen molar-refractivity contribution in [1.29, 1.82) is 0 Å². The molecule has 4 nitrogen and oxygen atoms in total. The zero-order valence-electron chi connectivity index (χ0n) is 10.7. The van der Waals surface area contributed by atoms with E-state index in [0.717, 1.165) is 10.6 Å². The van der Waals surface area contributed by atoms with E-state index in [1.54, 1.807) is 17.5 Å². The molecular weight excluding hydrogens is 258 g/mol. The van der Waals surface area contributed by atoms with Crippen molar-refractivity contribution in [2.75, 3.05) is 6.54 Å². The molecule has 5 heteroatoms. The maximum Gasteiger partial charge on any atom is 0.241 e. The van der Waals surface area contributed by atoms with E-state index in [2.05, 4.69) is 10.3 Å². The lowest BCUT2D eigenvalue weighted by Crippen LogP contribution is -2.36. The fraction of sp³-hybridized carbons (Fsp3) is 0.286. The van der Waals surface area contributed by atoms with E-state index in [1.165, 1.54) is 0 Å². The first-order valence-corrected chi connectivity index (χ1v) is 7.04. The molecule has 3 N–H and O–H groups in total. The summed E-state index contributed by atoms with van der Waals surface area (Å²) in [5.41, 5.74) is 6.74. The molecule has 2 rings (SSSR count). The first-order chi connectivity index (χ1) is 9.18. The summed E-state index contributed by atoms with van der Waals surface area (Å²) in [7, 11) is 0. The minimum Gasteiger partial charge on any atom is -0.354 e. The molecule has 2 atom stereocenters. The smallest absolute Gasteiger partial charge is 0.241 e. The second-order valence-corrected chi connectivity index (χ2v) is 5.33. The van der Waals surface area contributed by atoms with Crippen molar-refractivity contribution in [3.05, 3.63) is 52.5 Å². The van der Waals surface area contributed by atoms with Gasteiger partial charge in [-0.25, -0.2) is 4.98 Å². The molecule has 2 aromatic rings. The van der Waals surface area contributed by atoms with Crippen LogP contribution in [0.2, 0.25) is 0 Å². The third-order valence-electron chi connectivity index (χ3n) is 2.90. The third kappa shape index (κ3) is 3.62. The fourth-order valence-corrected chi connectivity index (χ4v) is 2.44. The Hall–Kier alpha value is -1.72. The van der Waals surface area contributed by atoms with Crippen LogP contribution in [-0.2, 0) is 4.79 Å². The van der Waals surface area contributed by atoms with E-state index >= 15 is 0 Å². The van der Waals surface area contributed by atoms with Crippen molar-refractivity contribution in [3.8, 4) is 0 Å². The van der Waals surface area contributed by atoms with Crippen LogP contribution in [0.5, 0.6) is 0 Å². The molecule has 0 fully saturated rings. The lowest BCUT2D eigenvalue weighted by molar-refractivity contribution is -0.122. The summed E-state index contributed by atoms with van der Waals surface area (Å²) in [5, 5.41) is 5.83. The predicted octanol–water partition coefficient (Wildman–Crippen LogP) is 2.06. The standard InChI is InChI=1S/C14H17N3OS/c1-10(14-16-7-8-19-14)9-17-13(18)12(15)11-5-3-2-4-6-11/h2-8,10,12H,9,15H2,1H3,(H,17,18)/t10?,12-/m0/s1. The van der Waals surface area contributed by atoms with Crippen LogP contribution in [0.1, 0.15) is 29.5 Å². The van der Waals surface area contributed by atoms with Gasteiger partial charge >= 0.3 is 0 Å². The van der Waals surface area contributed by atoms with Gasteiger partial charge in [-0.15, -0.1) is 11.3 Å². The summed E-state index contributed by atoms with van der Waals surface area (Å²) in [5.74, 6) is 0.0431. The number of hydrogen-bond acceptors (Lipinski definition) is 4. The number of benzene rings is 1. The summed E-state index contributed by atoms with van der Waals surface area (Å²) >= 11 is 1.59. The monoisotopic (exact) mass is 275 g/mol. The highest BCUT2D eigenvalue weighted by atomic mass is 32.1. The fourth-order valence-electron chi connectivity index (χ4n) is 1.74. The van der Waals surface area contributed by atoms with Crippen LogP contribution in [0.25, 0.3) is 0 Å². The Kier molecular flexibility index (Phi) is 4.65. The molecule has 100 valence electrons. The van der Waals surface area contributed by atoms with Crippen LogP contribution in [0, 0.1) is 0 Å². The van der Waals surface area contributed by atoms with Crippen molar-refractivity contribution in [3.63, 3.8) is 0 Å². The Morgan fingerprint density at radius 1 is 1.42 bits per heavy atom. The third-order valence-corrected chi connectivity index (χ3v) is 3.90. The second-order valence-electron chi connectivity index (χ2n) is 4.40. The van der Waals surface area contributed by atoms with Gasteiger partial charge in [0.1, 0.15) is 6.04 Å². The Labute approximate surface area is 116 Å². The zero-order chi connectivity index (χ0) is 13.7. The molecule has 0 spiro atoms. The molecule has 1 amide bonds. The predicted molar refractivity (Wildman–Crippen MR) is 76.9 cm³/mol. The van der Waals surface area contributed by atoms with E-state index in [0.29, 0.717) is 6.54 Å². The number of aromatic nitrogens is 1. The van der Waals surface area contributed by atoms with Gasteiger partial charge in [-0.2, -0.15) is 0 Å². The largest absolute Gasteiger partial charge is 0.354 e. The normalized spacial score (nSPS) is 13.8. The van der Waals surface area contributed by atoms with Crippen LogP contribution in [0.3, 0.4) is 0 Å². The van der Waals surface area contributed by atoms with Crippen molar-refractivity contribution >= 4 is 17.2 Å². The topological polar surface area (TPSA) is 68.0 Å². The number of carbonyl (C=O) groups excluding carboxylic acids is 1. The molecular formula is C14H17N3OS. The van der Waals surface area contributed by atoms with Gasteiger partial charge < -0.3 is 11.1 Å². The lowest BCUT2D eigenvalue weighted by atomic mass is 10.1. The quantitative estimate of drug-likeness (QED) is 0.877. The second kappa shape index (κ2) is 6.45. The van der Waals surface area contributed by atoms with Gasteiger partial charge in [0, 0.05) is 24.0 Å². The molecule has 0 saturated heterocycles. The van der Waals surface area contributed by atoms with Gasteiger partial charge in [-0.05, 0) is 5.56 Å². The van der Waals surface area contributed by atoms with E-state index in [1.807, 2.05) is 42.6 Å². The van der Waals surface area contributed by atoms with E-state index < -0.39 is 6.04 Å². The summed E-state index contributed by atoms with van der Waals surface area (Å²) in [6.07, 6.45) is 1.77. The number of nitrogens with zero attached hydrogens (tertiary/aromatic N) is 1. The molecule has 0 aliphatic heterocycles. The number of nitrogens with one attached hydrogen (secondary N) is 1. The SMILES string of the molecule is CC(CNC(=O)[C@@H](N)c1ccccc1)c1nccs1. The zero-order valence-corrected chi connectivity index (χ0v) is 11.6. The van der Waals surface area contributed by atoms with Crippen LogP contribution >= 0.6 is 11.3 Å². The molecule has 0 aliphatic rings. The number of nitrogens with two attached hydrogens (primary N) is 1. The summed E-state index contributed by atoms with van der Waals surface area (Å²) in [6.45, 7) is 2.58. The average Bonchev–Trinajstić information content (AvgIpc) is 2.98. The summed E-state index contributed by atoms with van der Waals surface area (Å²) in [6, 6.07) is 8.74. The minimum absolute atomic E-state index is 0.158. The van der Waals surface area contributed by atoms with Gasteiger partial charge in [0.25, 0.3) is 0 Å². The van der Waals surface area contributed by atoms with Gasteiger partial charge in [0.2, 0.25) is 5.91 Å². The molecule has 0 radical (unpaired) electrons. The highest BCUT2D eigenvalue weighted by Crippen LogP contribution is 2.17. The number of rotatable bonds is 5. The van der Waals surface area contributed by atoms with Crippen LogP contribution in [-0.4, -0.2) is 17.4 Å². The number of amides is 1. The van der Waals surface area contributed by atoms with E-state index in [4.69, 9.17) is 5.73 Å². The number of carbonyl (C=O) groups is 1. The van der Waals surface area contributed by atoms with Crippen molar-refractivity contribution in [1.82, 2.24) is 10.3 Å². The molecule has 1 aromatic heterocycles. The van der Waals surface area contributed by atoms with E-state index in [9.17, 15) is 4.79 Å². The average molecular weight is 275 g/mol. The Bertz CT molecular complexity index is 513. The van der Waals surface area contributed by atoms with Crippen molar-refractivity contribution < 1.29 is 4.79 Å². The van der Waals surface area contributed by atoms with Crippen molar-refractivity contribution in [2.24, 2.45) is 5.73 Å². The van der Waals surface area contributed by atoms with Crippen LogP contribution in [0.15, 0.2) is 41.9 Å². The first kappa shape index (κ1) is 13.7. The minimum atomic E-state index is -0.621. The van der Waals surface area contributed by atoms with E-state index in [-0.39, 0.29) is 11.8 Å². The van der Waals surface area contributed by atoms with Gasteiger partial charge in [0.05, 0.1) is 5.01 Å². The summed E-state index contributed by atoms with van der Waals surface area (Å²) < 4.78 is 0. The van der Waals surface area contributed by atoms with Gasteiger partial charge in [-0.3, -0.25) is 4.79 Å². The molecule has 0 saturated carbocycles. The van der Waals surface area contributed by atoms with Crippen LogP contribution in [0.4, 0.5) is 0 Å². The highest BCUT2D eigenvalue weighted by molar-refractivity contribution is 7.09. The van der Waals surface area contributed by atoms with Gasteiger partial charge in [0.15, 0.2) is 0 Å². The van der Waals surface area contributed by atoms with Gasteiger partial charge in [-0.1, -0.05) is 37.3 Å². The molecule has 1 heterocycles. The van der Waals surface area contributed by atoms with Crippen LogP contribution < -0.4 is 11.1 Å². The first-order valence-electron chi connectivity index (χ1n) is 6.16. The highest BCUT2D eigenvalue weighted by Gasteiger charge is 2.16. The molecule has 0 aliphatic carbocycles. The molecule has 1 unspecified atom stereocenters. The summed E-state index contributed by atoms with van der Waals surface area (Å²) in [4.78, 5) is 16.2. The molecule has 0 bridgehead atoms. The molecule has 19 heavy (non-hydrogen) atoms.